The quantitative estimate of drug-likeness (QED) is 0.852. The average Bonchev–Trinajstić information content (AvgIpc) is 2.84. The molecule has 2 fully saturated rings. The summed E-state index contributed by atoms with van der Waals surface area (Å²) in [5.74, 6) is 0.874. The molecule has 4 atom stereocenters. The summed E-state index contributed by atoms with van der Waals surface area (Å²) in [6.07, 6.45) is 5.24. The minimum atomic E-state index is -0.182. The minimum Gasteiger partial charge on any atom is -0.392 e. The molecule has 2 rings (SSSR count). The van der Waals surface area contributed by atoms with E-state index in [1.807, 2.05) is 0 Å². The van der Waals surface area contributed by atoms with Gasteiger partial charge in [0.25, 0.3) is 0 Å². The van der Waals surface area contributed by atoms with Crippen LogP contribution < -0.4 is 0 Å². The number of rotatable bonds is 3. The van der Waals surface area contributed by atoms with Crippen molar-refractivity contribution in [2.45, 2.75) is 65.0 Å². The summed E-state index contributed by atoms with van der Waals surface area (Å²) >= 11 is 0. The van der Waals surface area contributed by atoms with E-state index in [9.17, 15) is 10.4 Å². The Morgan fingerprint density at radius 3 is 2.58 bits per heavy atom. The largest absolute Gasteiger partial charge is 0.392 e. The second-order valence-electron chi connectivity index (χ2n) is 7.09. The first kappa shape index (κ1) is 14.8. The number of β-amino-alcohol motifs (C(OH)–C–C–N with tert-alkyl or cyclic N) is 1. The van der Waals surface area contributed by atoms with Crippen LogP contribution in [0.4, 0.5) is 0 Å². The molecule has 4 unspecified atom stereocenters. The van der Waals surface area contributed by atoms with E-state index in [4.69, 9.17) is 0 Å². The minimum absolute atomic E-state index is 0.161. The molecular weight excluding hydrogens is 236 g/mol. The fourth-order valence-corrected chi connectivity index (χ4v) is 3.77. The molecule has 1 saturated heterocycles. The number of aliphatic hydroxyl groups is 1. The van der Waals surface area contributed by atoms with Crippen molar-refractivity contribution >= 4 is 0 Å². The van der Waals surface area contributed by atoms with Crippen LogP contribution in [0.15, 0.2) is 0 Å². The summed E-state index contributed by atoms with van der Waals surface area (Å²) < 4.78 is 0. The maximum atomic E-state index is 9.74. The van der Waals surface area contributed by atoms with Crippen LogP contribution >= 0.6 is 0 Å². The third-order valence-corrected chi connectivity index (χ3v) is 5.66. The SMILES string of the molecule is CCC(C)(C)C1CCC(C#N)C(N2CCC(O)C2)C1. The Morgan fingerprint density at radius 1 is 1.32 bits per heavy atom. The summed E-state index contributed by atoms with van der Waals surface area (Å²) in [6, 6.07) is 2.88. The lowest BCUT2D eigenvalue weighted by Crippen LogP contribution is -2.45. The van der Waals surface area contributed by atoms with Gasteiger partial charge in [0.15, 0.2) is 0 Å². The molecule has 0 radical (unpaired) electrons. The molecule has 1 aliphatic heterocycles. The number of nitrogens with zero attached hydrogens (tertiary/aromatic N) is 2. The number of hydrogen-bond acceptors (Lipinski definition) is 3. The molecule has 0 amide bonds. The first-order valence-corrected chi connectivity index (χ1v) is 7.79. The van der Waals surface area contributed by atoms with Crippen molar-refractivity contribution in [2.75, 3.05) is 13.1 Å². The van der Waals surface area contributed by atoms with Gasteiger partial charge in [-0.15, -0.1) is 0 Å². The van der Waals surface area contributed by atoms with Gasteiger partial charge in [-0.3, -0.25) is 4.90 Å². The third kappa shape index (κ3) is 3.12. The number of likely N-dealkylation sites (tertiary alicyclic amines) is 1. The smallest absolute Gasteiger partial charge is 0.0679 e. The van der Waals surface area contributed by atoms with Crippen molar-refractivity contribution in [3.63, 3.8) is 0 Å². The predicted molar refractivity (Wildman–Crippen MR) is 76.5 cm³/mol. The van der Waals surface area contributed by atoms with Gasteiger partial charge in [0, 0.05) is 19.1 Å². The van der Waals surface area contributed by atoms with Crippen molar-refractivity contribution in [1.29, 1.82) is 5.26 Å². The molecule has 2 aliphatic rings. The highest BCUT2D eigenvalue weighted by Gasteiger charge is 2.41. The van der Waals surface area contributed by atoms with E-state index >= 15 is 0 Å². The van der Waals surface area contributed by atoms with E-state index < -0.39 is 0 Å². The van der Waals surface area contributed by atoms with Crippen LogP contribution in [0.1, 0.15) is 52.9 Å². The molecule has 3 heteroatoms. The normalized spacial score (nSPS) is 37.2. The second kappa shape index (κ2) is 5.81. The van der Waals surface area contributed by atoms with E-state index in [2.05, 4.69) is 31.7 Å². The lowest BCUT2D eigenvalue weighted by molar-refractivity contribution is 0.0561. The van der Waals surface area contributed by atoms with Gasteiger partial charge in [-0.2, -0.15) is 5.26 Å². The number of nitriles is 1. The van der Waals surface area contributed by atoms with Crippen molar-refractivity contribution in [1.82, 2.24) is 4.90 Å². The van der Waals surface area contributed by atoms with Crippen LogP contribution in [0.25, 0.3) is 0 Å². The molecule has 0 bridgehead atoms. The predicted octanol–water partition coefficient (Wildman–Crippen LogP) is 2.80. The van der Waals surface area contributed by atoms with Crippen molar-refractivity contribution in [2.24, 2.45) is 17.3 Å². The summed E-state index contributed by atoms with van der Waals surface area (Å²) in [4.78, 5) is 2.37. The van der Waals surface area contributed by atoms with Crippen LogP contribution in [0.2, 0.25) is 0 Å². The van der Waals surface area contributed by atoms with Gasteiger partial charge < -0.3 is 5.11 Å². The van der Waals surface area contributed by atoms with E-state index in [0.717, 1.165) is 32.4 Å². The Balaban J connectivity index is 2.07. The van der Waals surface area contributed by atoms with Crippen LogP contribution in [0, 0.1) is 28.6 Å². The molecule has 1 aliphatic carbocycles. The summed E-state index contributed by atoms with van der Waals surface area (Å²) in [5.41, 5.74) is 0.372. The Bertz CT molecular complexity index is 347. The maximum Gasteiger partial charge on any atom is 0.0679 e. The van der Waals surface area contributed by atoms with Gasteiger partial charge in [0.05, 0.1) is 18.1 Å². The Kier molecular flexibility index (Phi) is 4.53. The van der Waals surface area contributed by atoms with E-state index in [1.165, 1.54) is 12.8 Å². The second-order valence-corrected chi connectivity index (χ2v) is 7.09. The zero-order valence-corrected chi connectivity index (χ0v) is 12.6. The lowest BCUT2D eigenvalue weighted by atomic mass is 9.66. The fraction of sp³-hybridized carbons (Fsp3) is 0.938. The van der Waals surface area contributed by atoms with Gasteiger partial charge in [-0.1, -0.05) is 27.2 Å². The fourth-order valence-electron chi connectivity index (χ4n) is 3.77. The van der Waals surface area contributed by atoms with E-state index in [0.29, 0.717) is 17.4 Å². The third-order valence-electron chi connectivity index (χ3n) is 5.66. The van der Waals surface area contributed by atoms with E-state index in [-0.39, 0.29) is 12.0 Å². The molecule has 108 valence electrons. The molecule has 0 aromatic heterocycles. The standard InChI is InChI=1S/C16H28N2O/c1-4-16(2,3)13-6-5-12(10-17)15(9-13)18-8-7-14(19)11-18/h12-15,19H,4-9,11H2,1-3H3. The van der Waals surface area contributed by atoms with Crippen LogP contribution in [0.3, 0.4) is 0 Å². The Labute approximate surface area is 117 Å². The zero-order chi connectivity index (χ0) is 14.0. The maximum absolute atomic E-state index is 9.74. The van der Waals surface area contributed by atoms with E-state index in [1.54, 1.807) is 0 Å². The number of hydrogen-bond donors (Lipinski definition) is 1. The highest BCUT2D eigenvalue weighted by atomic mass is 16.3. The first-order chi connectivity index (χ1) is 8.97. The molecule has 19 heavy (non-hydrogen) atoms. The molecule has 1 saturated carbocycles. The average molecular weight is 264 g/mol. The molecule has 0 aromatic carbocycles. The number of aliphatic hydroxyl groups excluding tert-OH is 1. The van der Waals surface area contributed by atoms with Gasteiger partial charge in [-0.05, 0) is 37.0 Å². The van der Waals surface area contributed by atoms with Crippen molar-refractivity contribution < 1.29 is 5.11 Å². The molecule has 3 nitrogen and oxygen atoms in total. The molecule has 1 N–H and O–H groups in total. The Hall–Kier alpha value is -0.590. The Morgan fingerprint density at radius 2 is 2.05 bits per heavy atom. The lowest BCUT2D eigenvalue weighted by Gasteiger charge is -2.44. The molecule has 1 heterocycles. The van der Waals surface area contributed by atoms with Crippen molar-refractivity contribution in [3.8, 4) is 6.07 Å². The summed E-state index contributed by atoms with van der Waals surface area (Å²) in [5, 5.41) is 19.1. The first-order valence-electron chi connectivity index (χ1n) is 7.79. The van der Waals surface area contributed by atoms with Gasteiger partial charge >= 0.3 is 0 Å². The van der Waals surface area contributed by atoms with Crippen LogP contribution in [0.5, 0.6) is 0 Å². The van der Waals surface area contributed by atoms with Crippen LogP contribution in [-0.2, 0) is 0 Å². The molecule has 0 aromatic rings. The zero-order valence-electron chi connectivity index (χ0n) is 12.6. The highest BCUT2D eigenvalue weighted by Crippen LogP contribution is 2.43. The van der Waals surface area contributed by atoms with Gasteiger partial charge in [0.2, 0.25) is 0 Å². The monoisotopic (exact) mass is 264 g/mol. The van der Waals surface area contributed by atoms with Gasteiger partial charge in [-0.25, -0.2) is 0 Å². The van der Waals surface area contributed by atoms with Gasteiger partial charge in [0.1, 0.15) is 0 Å². The van der Waals surface area contributed by atoms with Crippen LogP contribution in [-0.4, -0.2) is 35.2 Å². The summed E-state index contributed by atoms with van der Waals surface area (Å²) in [6.45, 7) is 8.72. The highest BCUT2D eigenvalue weighted by molar-refractivity contribution is 5.01. The topological polar surface area (TPSA) is 47.3 Å². The molecule has 0 spiro atoms. The van der Waals surface area contributed by atoms with Crippen molar-refractivity contribution in [3.05, 3.63) is 0 Å². The molecular formula is C16H28N2O. The summed E-state index contributed by atoms with van der Waals surface area (Å²) in [7, 11) is 0.